The Bertz CT molecular complexity index is 856. The lowest BCUT2D eigenvalue weighted by Crippen LogP contribution is -2.57. The molecule has 0 saturated carbocycles. The Labute approximate surface area is 163 Å². The van der Waals surface area contributed by atoms with Crippen molar-refractivity contribution >= 4 is 35.5 Å². The molecule has 0 amide bonds. The summed E-state index contributed by atoms with van der Waals surface area (Å²) in [6.07, 6.45) is 2.81. The number of rotatable bonds is 10. The van der Waals surface area contributed by atoms with Crippen molar-refractivity contribution in [3.63, 3.8) is 0 Å². The predicted molar refractivity (Wildman–Crippen MR) is 116 cm³/mol. The molecule has 0 heterocycles. The molecule has 144 valence electrons. The van der Waals surface area contributed by atoms with E-state index in [1.165, 1.54) is 21.5 Å². The van der Waals surface area contributed by atoms with Gasteiger partial charge < -0.3 is 13.3 Å². The van der Waals surface area contributed by atoms with Crippen LogP contribution in [0.2, 0.25) is 0 Å². The van der Waals surface area contributed by atoms with Crippen LogP contribution >= 0.6 is 0 Å². The molecule has 4 heteroatoms. The Morgan fingerprint density at radius 3 is 1.81 bits per heavy atom. The van der Waals surface area contributed by atoms with Gasteiger partial charge in [0.2, 0.25) is 0 Å². The Morgan fingerprint density at radius 2 is 1.19 bits per heavy atom. The molecular formula is C23H30O3Si. The monoisotopic (exact) mass is 382 g/mol. The molecule has 0 bridgehead atoms. The van der Waals surface area contributed by atoms with Crippen LogP contribution in [-0.4, -0.2) is 28.6 Å². The van der Waals surface area contributed by atoms with Crippen LogP contribution in [0.3, 0.4) is 0 Å². The van der Waals surface area contributed by atoms with E-state index in [-0.39, 0.29) is 0 Å². The summed E-state index contributed by atoms with van der Waals surface area (Å²) < 4.78 is 19.2. The van der Waals surface area contributed by atoms with Gasteiger partial charge in [-0.15, -0.1) is 0 Å². The summed E-state index contributed by atoms with van der Waals surface area (Å²) in [5.74, 6) is 0. The third kappa shape index (κ3) is 4.24. The zero-order chi connectivity index (χ0) is 19.1. The van der Waals surface area contributed by atoms with Crippen LogP contribution in [0, 0.1) is 0 Å². The van der Waals surface area contributed by atoms with Crippen molar-refractivity contribution in [2.24, 2.45) is 0 Å². The molecule has 0 unspecified atom stereocenters. The summed E-state index contributed by atoms with van der Waals surface area (Å²) >= 11 is 0. The van der Waals surface area contributed by atoms with Gasteiger partial charge in [0, 0.05) is 25.0 Å². The van der Waals surface area contributed by atoms with Gasteiger partial charge in [0.1, 0.15) is 0 Å². The van der Waals surface area contributed by atoms with Crippen molar-refractivity contribution in [2.75, 3.05) is 19.8 Å². The van der Waals surface area contributed by atoms with E-state index in [0.29, 0.717) is 19.8 Å². The van der Waals surface area contributed by atoms with Crippen LogP contribution in [0.15, 0.2) is 54.6 Å². The maximum absolute atomic E-state index is 6.38. The van der Waals surface area contributed by atoms with Gasteiger partial charge in [-0.25, -0.2) is 0 Å². The molecule has 27 heavy (non-hydrogen) atoms. The van der Waals surface area contributed by atoms with Crippen molar-refractivity contribution in [3.05, 3.63) is 54.6 Å². The zero-order valence-corrected chi connectivity index (χ0v) is 17.7. The maximum atomic E-state index is 6.38. The largest absolute Gasteiger partial charge is 0.537 e. The predicted octanol–water partition coefficient (Wildman–Crippen LogP) is 5.42. The van der Waals surface area contributed by atoms with E-state index in [0.717, 1.165) is 24.4 Å². The van der Waals surface area contributed by atoms with Crippen LogP contribution in [0.25, 0.3) is 21.5 Å². The molecule has 3 nitrogen and oxygen atoms in total. The second-order valence-corrected chi connectivity index (χ2v) is 9.31. The van der Waals surface area contributed by atoms with Crippen LogP contribution in [0.1, 0.15) is 40.0 Å². The van der Waals surface area contributed by atoms with Crippen LogP contribution in [-0.2, 0) is 13.3 Å². The summed E-state index contributed by atoms with van der Waals surface area (Å²) in [5, 5.41) is 5.98. The molecule has 0 fully saturated rings. The second kappa shape index (κ2) is 9.47. The molecule has 0 aliphatic heterocycles. The van der Waals surface area contributed by atoms with E-state index in [1.54, 1.807) is 0 Å². The van der Waals surface area contributed by atoms with Crippen LogP contribution in [0.5, 0.6) is 0 Å². The number of fused-ring (bicyclic) bond motifs is 3. The minimum absolute atomic E-state index is 0.642. The van der Waals surface area contributed by atoms with Crippen LogP contribution in [0.4, 0.5) is 0 Å². The minimum atomic E-state index is -2.99. The highest BCUT2D eigenvalue weighted by Gasteiger charge is 2.45. The normalized spacial score (nSPS) is 12.1. The zero-order valence-electron chi connectivity index (χ0n) is 16.7. The van der Waals surface area contributed by atoms with E-state index in [4.69, 9.17) is 13.3 Å². The molecule has 3 rings (SSSR count). The van der Waals surface area contributed by atoms with Gasteiger partial charge in [0.15, 0.2) is 0 Å². The standard InChI is InChI=1S/C23H30O3Si/c1-4-16-24-27(25-17-5-2,26-18-6-3)23-13-9-12-21-20-11-8-7-10-19(20)14-15-22(21)23/h7-15H,4-6,16-18H2,1-3H3. The summed E-state index contributed by atoms with van der Waals surface area (Å²) in [6.45, 7) is 8.29. The summed E-state index contributed by atoms with van der Waals surface area (Å²) in [4.78, 5) is 0. The molecule has 0 atom stereocenters. The molecule has 3 aromatic rings. The highest BCUT2D eigenvalue weighted by Crippen LogP contribution is 2.26. The second-order valence-electron chi connectivity index (χ2n) is 6.79. The Kier molecular flexibility index (Phi) is 7.02. The van der Waals surface area contributed by atoms with Crippen LogP contribution < -0.4 is 5.19 Å². The quantitative estimate of drug-likeness (QED) is 0.346. The molecule has 3 aromatic carbocycles. The SMILES string of the molecule is CCCO[Si](OCCC)(OCCC)c1cccc2c1ccc1ccccc12. The van der Waals surface area contributed by atoms with Gasteiger partial charge in [0.05, 0.1) is 0 Å². The van der Waals surface area contributed by atoms with Gasteiger partial charge in [-0.3, -0.25) is 0 Å². The fourth-order valence-electron chi connectivity index (χ4n) is 3.37. The highest BCUT2D eigenvalue weighted by atomic mass is 28.4. The molecular weight excluding hydrogens is 352 g/mol. The lowest BCUT2D eigenvalue weighted by molar-refractivity contribution is 0.0734. The molecule has 0 aliphatic carbocycles. The van der Waals surface area contributed by atoms with Gasteiger partial charge >= 0.3 is 8.80 Å². The van der Waals surface area contributed by atoms with E-state index in [2.05, 4.69) is 75.4 Å². The molecule has 0 radical (unpaired) electrons. The number of hydrogen-bond donors (Lipinski definition) is 0. The third-order valence-corrected chi connectivity index (χ3v) is 7.45. The summed E-state index contributed by atoms with van der Waals surface area (Å²) in [5.41, 5.74) is 0. The number of benzene rings is 3. The first-order valence-electron chi connectivity index (χ1n) is 10.1. The van der Waals surface area contributed by atoms with Crippen molar-refractivity contribution in [2.45, 2.75) is 40.0 Å². The van der Waals surface area contributed by atoms with Gasteiger partial charge in [0.25, 0.3) is 0 Å². The molecule has 0 aliphatic rings. The fraction of sp³-hybridized carbons (Fsp3) is 0.391. The topological polar surface area (TPSA) is 27.7 Å². The molecule has 0 saturated heterocycles. The first-order valence-corrected chi connectivity index (χ1v) is 11.8. The fourth-order valence-corrected chi connectivity index (χ4v) is 6.36. The Hall–Kier alpha value is -1.72. The Balaban J connectivity index is 2.19. The summed E-state index contributed by atoms with van der Waals surface area (Å²) in [6, 6.07) is 19.3. The van der Waals surface area contributed by atoms with Crippen molar-refractivity contribution in [3.8, 4) is 0 Å². The van der Waals surface area contributed by atoms with Gasteiger partial charge in [-0.1, -0.05) is 75.4 Å². The smallest absolute Gasteiger partial charge is 0.370 e. The van der Waals surface area contributed by atoms with E-state index < -0.39 is 8.80 Å². The van der Waals surface area contributed by atoms with Gasteiger partial charge in [-0.05, 0) is 40.8 Å². The third-order valence-electron chi connectivity index (χ3n) is 4.61. The maximum Gasteiger partial charge on any atom is 0.537 e. The average Bonchev–Trinajstić information content (AvgIpc) is 2.73. The summed E-state index contributed by atoms with van der Waals surface area (Å²) in [7, 11) is -2.99. The number of hydrogen-bond acceptors (Lipinski definition) is 3. The van der Waals surface area contributed by atoms with Gasteiger partial charge in [-0.2, -0.15) is 0 Å². The molecule has 0 spiro atoms. The van der Waals surface area contributed by atoms with E-state index in [9.17, 15) is 0 Å². The lowest BCUT2D eigenvalue weighted by atomic mass is 10.0. The van der Waals surface area contributed by atoms with E-state index in [1.807, 2.05) is 0 Å². The van der Waals surface area contributed by atoms with Crippen molar-refractivity contribution in [1.82, 2.24) is 0 Å². The average molecular weight is 383 g/mol. The van der Waals surface area contributed by atoms with Crippen molar-refractivity contribution < 1.29 is 13.3 Å². The first kappa shape index (κ1) is 20.0. The van der Waals surface area contributed by atoms with Crippen molar-refractivity contribution in [1.29, 1.82) is 0 Å². The molecule has 0 N–H and O–H groups in total. The highest BCUT2D eigenvalue weighted by molar-refractivity contribution is 6.77. The van der Waals surface area contributed by atoms with E-state index >= 15 is 0 Å². The molecule has 0 aromatic heterocycles. The Morgan fingerprint density at radius 1 is 0.593 bits per heavy atom. The first-order chi connectivity index (χ1) is 13.3. The lowest BCUT2D eigenvalue weighted by Gasteiger charge is -2.30. The minimum Gasteiger partial charge on any atom is -0.370 e.